The fraction of sp³-hybridized carbons (Fsp3) is 0.167. The van der Waals surface area contributed by atoms with Crippen LogP contribution >= 0.6 is 11.6 Å². The molecule has 142 valence electrons. The van der Waals surface area contributed by atoms with Gasteiger partial charge in [-0.15, -0.1) is 0 Å². The molecule has 2 aromatic rings. The molecule has 5 nitrogen and oxygen atoms in total. The zero-order valence-electron chi connectivity index (χ0n) is 14.0. The first-order chi connectivity index (χ1) is 12.7. The smallest absolute Gasteiger partial charge is 0.316 e. The summed E-state index contributed by atoms with van der Waals surface area (Å²) in [4.78, 5) is 23.6. The van der Waals surface area contributed by atoms with Gasteiger partial charge in [0, 0.05) is 12.1 Å². The van der Waals surface area contributed by atoms with Crippen LogP contribution < -0.4 is 10.7 Å². The maximum atomic E-state index is 12.7. The highest BCUT2D eigenvalue weighted by Crippen LogP contribution is 2.33. The molecule has 2 rings (SSSR count). The molecule has 0 spiro atoms. The van der Waals surface area contributed by atoms with Crippen LogP contribution in [0.4, 0.5) is 18.9 Å². The van der Waals surface area contributed by atoms with Crippen LogP contribution in [-0.2, 0) is 15.8 Å². The Balaban J connectivity index is 1.98. The van der Waals surface area contributed by atoms with Crippen LogP contribution in [0.2, 0.25) is 5.02 Å². The lowest BCUT2D eigenvalue weighted by atomic mass is 10.0. The summed E-state index contributed by atoms with van der Waals surface area (Å²) < 4.78 is 38.2. The largest absolute Gasteiger partial charge is 0.416 e. The first kappa shape index (κ1) is 20.4. The quantitative estimate of drug-likeness (QED) is 0.461. The second kappa shape index (κ2) is 8.68. The topological polar surface area (TPSA) is 70.6 Å². The van der Waals surface area contributed by atoms with E-state index in [2.05, 4.69) is 5.10 Å². The van der Waals surface area contributed by atoms with Gasteiger partial charge < -0.3 is 5.32 Å². The number of rotatable bonds is 4. The number of hydrazone groups is 1. The summed E-state index contributed by atoms with van der Waals surface area (Å²) in [5.74, 6) is -2.45. The van der Waals surface area contributed by atoms with Gasteiger partial charge in [-0.1, -0.05) is 48.9 Å². The molecule has 0 saturated heterocycles. The van der Waals surface area contributed by atoms with Crippen molar-refractivity contribution < 1.29 is 22.8 Å². The highest BCUT2D eigenvalue weighted by Gasteiger charge is 2.31. The SMILES string of the molecule is CC(/C=N/NC(=O)C(=O)Nc1cc(C(F)(F)F)ccc1Cl)c1ccccc1. The zero-order chi connectivity index (χ0) is 20.0. The number of carbonyl (C=O) groups is 2. The van der Waals surface area contributed by atoms with Gasteiger partial charge in [-0.05, 0) is 23.8 Å². The van der Waals surface area contributed by atoms with Gasteiger partial charge in [0.25, 0.3) is 0 Å². The second-order valence-electron chi connectivity index (χ2n) is 5.56. The summed E-state index contributed by atoms with van der Waals surface area (Å²) in [6, 6.07) is 11.7. The van der Waals surface area contributed by atoms with E-state index in [1.54, 1.807) is 0 Å². The number of nitrogens with zero attached hydrogens (tertiary/aromatic N) is 1. The van der Waals surface area contributed by atoms with E-state index in [0.29, 0.717) is 6.07 Å². The third-order valence-electron chi connectivity index (χ3n) is 3.54. The van der Waals surface area contributed by atoms with Crippen molar-refractivity contribution in [3.05, 3.63) is 64.7 Å². The Bertz CT molecular complexity index is 855. The van der Waals surface area contributed by atoms with E-state index >= 15 is 0 Å². The van der Waals surface area contributed by atoms with Crippen LogP contribution in [0.5, 0.6) is 0 Å². The summed E-state index contributed by atoms with van der Waals surface area (Å²) >= 11 is 5.77. The number of hydrogen-bond acceptors (Lipinski definition) is 3. The Morgan fingerprint density at radius 1 is 1.11 bits per heavy atom. The normalized spacial score (nSPS) is 12.6. The third kappa shape index (κ3) is 5.82. The third-order valence-corrected chi connectivity index (χ3v) is 3.87. The molecular weight excluding hydrogens is 383 g/mol. The molecule has 0 aliphatic heterocycles. The number of alkyl halides is 3. The molecule has 0 aromatic heterocycles. The molecule has 1 atom stereocenters. The van der Waals surface area contributed by atoms with E-state index in [-0.39, 0.29) is 16.6 Å². The molecule has 9 heteroatoms. The van der Waals surface area contributed by atoms with E-state index in [9.17, 15) is 22.8 Å². The standard InChI is InChI=1S/C18H15ClF3N3O2/c1-11(12-5-3-2-4-6-12)10-23-25-17(27)16(26)24-15-9-13(18(20,21)22)7-8-14(15)19/h2-11H,1H3,(H,24,26)(H,25,27)/b23-10+. The van der Waals surface area contributed by atoms with Crippen molar-refractivity contribution in [3.63, 3.8) is 0 Å². The number of hydrogen-bond donors (Lipinski definition) is 2. The van der Waals surface area contributed by atoms with Crippen molar-refractivity contribution >= 4 is 35.3 Å². The lowest BCUT2D eigenvalue weighted by molar-refractivity contribution is -0.137. The van der Waals surface area contributed by atoms with E-state index in [1.165, 1.54) is 6.21 Å². The van der Waals surface area contributed by atoms with Crippen molar-refractivity contribution in [1.29, 1.82) is 0 Å². The van der Waals surface area contributed by atoms with Gasteiger partial charge in [0.05, 0.1) is 16.3 Å². The molecule has 1 unspecified atom stereocenters. The molecule has 27 heavy (non-hydrogen) atoms. The summed E-state index contributed by atoms with van der Waals surface area (Å²) in [7, 11) is 0. The minimum atomic E-state index is -4.61. The van der Waals surface area contributed by atoms with E-state index in [4.69, 9.17) is 11.6 Å². The molecule has 0 fully saturated rings. The van der Waals surface area contributed by atoms with E-state index < -0.39 is 23.6 Å². The van der Waals surface area contributed by atoms with Gasteiger partial charge in [-0.2, -0.15) is 18.3 Å². The monoisotopic (exact) mass is 397 g/mol. The van der Waals surface area contributed by atoms with Gasteiger partial charge >= 0.3 is 18.0 Å². The molecule has 0 radical (unpaired) electrons. The maximum absolute atomic E-state index is 12.7. The Morgan fingerprint density at radius 2 is 1.78 bits per heavy atom. The van der Waals surface area contributed by atoms with Crippen molar-refractivity contribution in [1.82, 2.24) is 5.43 Å². The van der Waals surface area contributed by atoms with E-state index in [1.807, 2.05) is 48.0 Å². The molecule has 2 aromatic carbocycles. The number of halogens is 4. The number of anilines is 1. The number of carbonyl (C=O) groups excluding carboxylic acids is 2. The van der Waals surface area contributed by atoms with Crippen LogP contribution in [0.15, 0.2) is 53.6 Å². The van der Waals surface area contributed by atoms with Gasteiger partial charge in [-0.3, -0.25) is 9.59 Å². The molecule has 0 bridgehead atoms. The number of amides is 2. The minimum Gasteiger partial charge on any atom is -0.316 e. The van der Waals surface area contributed by atoms with Crippen LogP contribution in [0.3, 0.4) is 0 Å². The van der Waals surface area contributed by atoms with Crippen molar-refractivity contribution in [3.8, 4) is 0 Å². The predicted molar refractivity (Wildman–Crippen MR) is 96.6 cm³/mol. The van der Waals surface area contributed by atoms with Crippen LogP contribution in [0.25, 0.3) is 0 Å². The van der Waals surface area contributed by atoms with Gasteiger partial charge in [-0.25, -0.2) is 5.43 Å². The maximum Gasteiger partial charge on any atom is 0.416 e. The highest BCUT2D eigenvalue weighted by atomic mass is 35.5. The highest BCUT2D eigenvalue weighted by molar-refractivity contribution is 6.41. The zero-order valence-corrected chi connectivity index (χ0v) is 14.8. The van der Waals surface area contributed by atoms with Crippen LogP contribution in [-0.4, -0.2) is 18.0 Å². The summed E-state index contributed by atoms with van der Waals surface area (Å²) in [6.07, 6.45) is -3.18. The first-order valence-electron chi connectivity index (χ1n) is 7.74. The van der Waals surface area contributed by atoms with Gasteiger partial charge in [0.2, 0.25) is 0 Å². The molecule has 0 aliphatic carbocycles. The van der Waals surface area contributed by atoms with Crippen LogP contribution in [0, 0.1) is 0 Å². The van der Waals surface area contributed by atoms with Crippen LogP contribution in [0.1, 0.15) is 24.0 Å². The van der Waals surface area contributed by atoms with Crippen molar-refractivity contribution in [2.45, 2.75) is 19.0 Å². The van der Waals surface area contributed by atoms with Gasteiger partial charge in [0.1, 0.15) is 0 Å². The fourth-order valence-corrected chi connectivity index (χ4v) is 2.24. The van der Waals surface area contributed by atoms with Gasteiger partial charge in [0.15, 0.2) is 0 Å². The lowest BCUT2D eigenvalue weighted by Gasteiger charge is -2.11. The lowest BCUT2D eigenvalue weighted by Crippen LogP contribution is -2.32. The van der Waals surface area contributed by atoms with Crippen molar-refractivity contribution in [2.24, 2.45) is 5.10 Å². The Hall–Kier alpha value is -2.87. The van der Waals surface area contributed by atoms with E-state index in [0.717, 1.165) is 17.7 Å². The minimum absolute atomic E-state index is 0.118. The summed E-state index contributed by atoms with van der Waals surface area (Å²) in [6.45, 7) is 1.84. The molecule has 2 amide bonds. The van der Waals surface area contributed by atoms with Crippen molar-refractivity contribution in [2.75, 3.05) is 5.32 Å². The molecule has 0 saturated carbocycles. The summed E-state index contributed by atoms with van der Waals surface area (Å²) in [5.41, 5.74) is 1.65. The Morgan fingerprint density at radius 3 is 2.41 bits per heavy atom. The average Bonchev–Trinajstić information content (AvgIpc) is 2.63. The molecule has 0 aliphatic rings. The molecule has 0 heterocycles. The first-order valence-corrected chi connectivity index (χ1v) is 8.12. The number of benzene rings is 2. The Labute approximate surface area is 158 Å². The molecular formula is C18H15ClF3N3O2. The second-order valence-corrected chi connectivity index (χ2v) is 5.97. The summed E-state index contributed by atoms with van der Waals surface area (Å²) in [5, 5.41) is 5.59. The predicted octanol–water partition coefficient (Wildman–Crippen LogP) is 4.20. The Kier molecular flexibility index (Phi) is 6.57. The fourth-order valence-electron chi connectivity index (χ4n) is 2.08. The molecule has 2 N–H and O–H groups in total. The average molecular weight is 398 g/mol. The number of nitrogens with one attached hydrogen (secondary N) is 2.